The van der Waals surface area contributed by atoms with Crippen molar-refractivity contribution >= 4 is 28.8 Å². The van der Waals surface area contributed by atoms with E-state index in [0.29, 0.717) is 34.4 Å². The van der Waals surface area contributed by atoms with Crippen LogP contribution in [0.5, 0.6) is 0 Å². The largest absolute Gasteiger partial charge is 0.350 e. The van der Waals surface area contributed by atoms with E-state index in [1.165, 1.54) is 11.6 Å². The lowest BCUT2D eigenvalue weighted by Gasteiger charge is -2.17. The molecule has 142 valence electrons. The van der Waals surface area contributed by atoms with Gasteiger partial charge in [0.15, 0.2) is 5.78 Å². The number of Topliss-reactive ketones (excluding diaryl/α,β-unsaturated/α-hetero) is 1. The molecule has 3 aromatic rings. The third-order valence-corrected chi connectivity index (χ3v) is 5.01. The van der Waals surface area contributed by atoms with Gasteiger partial charge in [-0.1, -0.05) is 48.0 Å². The molecule has 5 nitrogen and oxygen atoms in total. The lowest BCUT2D eigenvalue weighted by Crippen LogP contribution is -2.29. The Labute approximate surface area is 168 Å². The molecule has 0 amide bonds. The van der Waals surface area contributed by atoms with E-state index in [0.717, 1.165) is 18.4 Å². The Balaban J connectivity index is 1.93. The van der Waals surface area contributed by atoms with Crippen LogP contribution in [0, 0.1) is 5.92 Å². The number of aromatic nitrogens is 2. The van der Waals surface area contributed by atoms with Crippen LogP contribution >= 0.6 is 11.6 Å². The van der Waals surface area contributed by atoms with Crippen molar-refractivity contribution < 1.29 is 4.79 Å². The molecule has 0 unspecified atom stereocenters. The van der Waals surface area contributed by atoms with Gasteiger partial charge in [-0.3, -0.25) is 9.59 Å². The first kappa shape index (κ1) is 18.4. The maximum atomic E-state index is 13.2. The molecule has 0 bridgehead atoms. The zero-order valence-corrected chi connectivity index (χ0v) is 16.2. The Morgan fingerprint density at radius 3 is 2.57 bits per heavy atom. The number of nitrogens with zero attached hydrogens (tertiary/aromatic N) is 2. The number of ketones is 1. The average Bonchev–Trinajstić information content (AvgIpc) is 3.49. The average molecular weight is 394 g/mol. The van der Waals surface area contributed by atoms with Crippen molar-refractivity contribution in [2.45, 2.75) is 26.3 Å². The molecule has 1 saturated carbocycles. The number of carbonyl (C=O) groups excluding carboxylic acids is 1. The van der Waals surface area contributed by atoms with Crippen LogP contribution in [0.4, 0.5) is 11.4 Å². The molecule has 1 fully saturated rings. The molecule has 0 atom stereocenters. The number of anilines is 2. The summed E-state index contributed by atoms with van der Waals surface area (Å²) in [6, 6.07) is 16.5. The van der Waals surface area contributed by atoms with Crippen LogP contribution in [0.25, 0.3) is 11.3 Å². The molecule has 1 aliphatic rings. The van der Waals surface area contributed by atoms with Crippen molar-refractivity contribution in [3.05, 3.63) is 75.5 Å². The predicted molar refractivity (Wildman–Crippen MR) is 111 cm³/mol. The summed E-state index contributed by atoms with van der Waals surface area (Å²) in [5.41, 5.74) is 2.20. The Bertz CT molecular complexity index is 1090. The zero-order valence-electron chi connectivity index (χ0n) is 15.5. The number of benzene rings is 2. The summed E-state index contributed by atoms with van der Waals surface area (Å²) in [4.78, 5) is 25.7. The van der Waals surface area contributed by atoms with Crippen LogP contribution in [-0.4, -0.2) is 15.6 Å². The van der Waals surface area contributed by atoms with Crippen molar-refractivity contribution in [3.63, 3.8) is 0 Å². The number of hydrogen-bond acceptors (Lipinski definition) is 4. The summed E-state index contributed by atoms with van der Waals surface area (Å²) >= 11 is 6.09. The summed E-state index contributed by atoms with van der Waals surface area (Å²) in [7, 11) is 0. The Hall–Kier alpha value is -2.92. The van der Waals surface area contributed by atoms with Gasteiger partial charge in [0, 0.05) is 22.8 Å². The van der Waals surface area contributed by atoms with Crippen LogP contribution in [0.1, 0.15) is 30.1 Å². The van der Waals surface area contributed by atoms with Gasteiger partial charge in [-0.25, -0.2) is 4.68 Å². The molecular weight excluding hydrogens is 374 g/mol. The second-order valence-electron chi connectivity index (χ2n) is 7.09. The molecule has 0 aliphatic heterocycles. The highest BCUT2D eigenvalue weighted by molar-refractivity contribution is 6.30. The van der Waals surface area contributed by atoms with Crippen molar-refractivity contribution in [2.24, 2.45) is 5.92 Å². The lowest BCUT2D eigenvalue weighted by atomic mass is 10.0. The first-order valence-electron chi connectivity index (χ1n) is 9.27. The molecule has 4 rings (SSSR count). The molecule has 2 aromatic carbocycles. The Morgan fingerprint density at radius 2 is 1.93 bits per heavy atom. The van der Waals surface area contributed by atoms with Crippen molar-refractivity contribution in [2.75, 3.05) is 5.32 Å². The maximum Gasteiger partial charge on any atom is 0.291 e. The predicted octanol–water partition coefficient (Wildman–Crippen LogP) is 4.92. The highest BCUT2D eigenvalue weighted by Crippen LogP contribution is 2.32. The number of hydrogen-bond donors (Lipinski definition) is 1. The molecule has 0 spiro atoms. The highest BCUT2D eigenvalue weighted by atomic mass is 35.5. The summed E-state index contributed by atoms with van der Waals surface area (Å²) in [6.07, 6.45) is 2.20. The smallest absolute Gasteiger partial charge is 0.291 e. The van der Waals surface area contributed by atoms with Gasteiger partial charge in [-0.2, -0.15) is 5.10 Å². The van der Waals surface area contributed by atoms with E-state index in [2.05, 4.69) is 10.4 Å². The van der Waals surface area contributed by atoms with Crippen LogP contribution in [0.2, 0.25) is 5.02 Å². The SMILES string of the molecule is CC(=O)c1c(-c2ccccc2)nn(CC2CC2)c(=O)c1Nc1cccc(Cl)c1. The van der Waals surface area contributed by atoms with E-state index in [1.54, 1.807) is 18.2 Å². The van der Waals surface area contributed by atoms with Crippen molar-refractivity contribution in [1.29, 1.82) is 0 Å². The molecule has 6 heteroatoms. The van der Waals surface area contributed by atoms with Gasteiger partial charge in [-0.05, 0) is 43.9 Å². The van der Waals surface area contributed by atoms with Gasteiger partial charge in [0.1, 0.15) is 11.4 Å². The monoisotopic (exact) mass is 393 g/mol. The van der Waals surface area contributed by atoms with E-state index in [9.17, 15) is 9.59 Å². The summed E-state index contributed by atoms with van der Waals surface area (Å²) < 4.78 is 1.49. The molecule has 1 aliphatic carbocycles. The number of nitrogens with one attached hydrogen (secondary N) is 1. The number of rotatable bonds is 6. The summed E-state index contributed by atoms with van der Waals surface area (Å²) in [5.74, 6) is 0.252. The second kappa shape index (κ2) is 7.60. The van der Waals surface area contributed by atoms with Crippen molar-refractivity contribution in [1.82, 2.24) is 9.78 Å². The Morgan fingerprint density at radius 1 is 1.18 bits per heavy atom. The van der Waals surface area contributed by atoms with Gasteiger partial charge < -0.3 is 5.32 Å². The first-order chi connectivity index (χ1) is 13.5. The second-order valence-corrected chi connectivity index (χ2v) is 7.52. The molecule has 28 heavy (non-hydrogen) atoms. The van der Waals surface area contributed by atoms with Crippen LogP contribution in [0.3, 0.4) is 0 Å². The van der Waals surface area contributed by atoms with Crippen LogP contribution in [0.15, 0.2) is 59.4 Å². The van der Waals surface area contributed by atoms with Crippen LogP contribution < -0.4 is 10.9 Å². The number of halogens is 1. The number of carbonyl (C=O) groups is 1. The fraction of sp³-hybridized carbons (Fsp3) is 0.227. The Kier molecular flexibility index (Phi) is 5.01. The molecule has 1 N–H and O–H groups in total. The fourth-order valence-corrected chi connectivity index (χ4v) is 3.40. The van der Waals surface area contributed by atoms with Gasteiger partial charge in [0.05, 0.1) is 5.56 Å². The van der Waals surface area contributed by atoms with E-state index >= 15 is 0 Å². The molecule has 1 aromatic heterocycles. The first-order valence-corrected chi connectivity index (χ1v) is 9.65. The molecular formula is C22H20ClN3O2. The quantitative estimate of drug-likeness (QED) is 0.604. The highest BCUT2D eigenvalue weighted by Gasteiger charge is 2.27. The topological polar surface area (TPSA) is 64.0 Å². The van der Waals surface area contributed by atoms with Gasteiger partial charge >= 0.3 is 0 Å². The maximum absolute atomic E-state index is 13.2. The fourth-order valence-electron chi connectivity index (χ4n) is 3.21. The zero-order chi connectivity index (χ0) is 19.7. The lowest BCUT2D eigenvalue weighted by molar-refractivity contribution is 0.101. The van der Waals surface area contributed by atoms with E-state index in [4.69, 9.17) is 11.6 Å². The molecule has 0 saturated heterocycles. The third kappa shape index (κ3) is 3.85. The molecule has 1 heterocycles. The normalized spacial score (nSPS) is 13.4. The van der Waals surface area contributed by atoms with E-state index in [1.807, 2.05) is 36.4 Å². The summed E-state index contributed by atoms with van der Waals surface area (Å²) in [5, 5.41) is 8.26. The minimum absolute atomic E-state index is 0.216. The minimum Gasteiger partial charge on any atom is -0.350 e. The van der Waals surface area contributed by atoms with Gasteiger partial charge in [-0.15, -0.1) is 0 Å². The minimum atomic E-state index is -0.295. The molecule has 0 radical (unpaired) electrons. The standard InChI is InChI=1S/C22H20ClN3O2/c1-14(27)19-20(16-6-3-2-4-7-16)25-26(13-15-10-11-15)22(28)21(19)24-18-9-5-8-17(23)12-18/h2-9,12,15,24H,10-11,13H2,1H3. The van der Waals surface area contributed by atoms with Crippen molar-refractivity contribution in [3.8, 4) is 11.3 Å². The van der Waals surface area contributed by atoms with E-state index < -0.39 is 0 Å². The van der Waals surface area contributed by atoms with E-state index in [-0.39, 0.29) is 17.0 Å². The van der Waals surface area contributed by atoms with Crippen LogP contribution in [-0.2, 0) is 6.54 Å². The van der Waals surface area contributed by atoms with Gasteiger partial charge in [0.25, 0.3) is 5.56 Å². The summed E-state index contributed by atoms with van der Waals surface area (Å²) in [6.45, 7) is 2.01. The third-order valence-electron chi connectivity index (χ3n) is 4.78. The van der Waals surface area contributed by atoms with Gasteiger partial charge in [0.2, 0.25) is 0 Å².